The molecule has 1 aromatic carbocycles. The SMILES string of the molecule is CCCCCCN(CCCCCC)c1ccc(/C=C2/SC(=O)N(c3nc(N4CCCC4)nc(N4CCCC4)n3)C2=O)c(C)c1. The van der Waals surface area contributed by atoms with Crippen LogP contribution in [0.1, 0.15) is 102 Å². The van der Waals surface area contributed by atoms with Crippen molar-refractivity contribution in [3.05, 3.63) is 34.2 Å². The molecule has 0 spiro atoms. The van der Waals surface area contributed by atoms with E-state index in [1.807, 2.05) is 6.08 Å². The van der Waals surface area contributed by atoms with Gasteiger partial charge in [0.15, 0.2) is 0 Å². The Morgan fingerprint density at radius 3 is 1.84 bits per heavy atom. The summed E-state index contributed by atoms with van der Waals surface area (Å²) in [6.45, 7) is 12.2. The van der Waals surface area contributed by atoms with Crippen LogP contribution in [-0.2, 0) is 4.79 Å². The van der Waals surface area contributed by atoms with Crippen LogP contribution < -0.4 is 19.6 Å². The van der Waals surface area contributed by atoms with Crippen molar-refractivity contribution in [3.63, 3.8) is 0 Å². The molecule has 3 aliphatic rings. The number of benzene rings is 1. The lowest BCUT2D eigenvalue weighted by molar-refractivity contribution is -0.113. The van der Waals surface area contributed by atoms with Crippen molar-refractivity contribution < 1.29 is 9.59 Å². The van der Waals surface area contributed by atoms with Crippen molar-refractivity contribution in [2.75, 3.05) is 58.9 Å². The summed E-state index contributed by atoms with van der Waals surface area (Å²) in [6, 6.07) is 6.48. The lowest BCUT2D eigenvalue weighted by Crippen LogP contribution is -2.32. The second kappa shape index (κ2) is 15.7. The number of hydrogen-bond acceptors (Lipinski definition) is 9. The maximum absolute atomic E-state index is 13.7. The first-order valence-corrected chi connectivity index (χ1v) is 17.7. The smallest absolute Gasteiger partial charge is 0.300 e. The summed E-state index contributed by atoms with van der Waals surface area (Å²) in [5.74, 6) is 0.863. The number of amides is 2. The summed E-state index contributed by atoms with van der Waals surface area (Å²) in [5, 5.41) is -0.369. The number of anilines is 4. The molecule has 10 heteroatoms. The van der Waals surface area contributed by atoms with Crippen molar-refractivity contribution in [1.82, 2.24) is 15.0 Å². The van der Waals surface area contributed by atoms with Crippen LogP contribution in [0, 0.1) is 6.92 Å². The van der Waals surface area contributed by atoms with E-state index < -0.39 is 0 Å². The van der Waals surface area contributed by atoms with E-state index in [4.69, 9.17) is 4.98 Å². The zero-order valence-electron chi connectivity index (χ0n) is 26.9. The predicted molar refractivity (Wildman–Crippen MR) is 183 cm³/mol. The first-order valence-electron chi connectivity index (χ1n) is 16.9. The molecule has 44 heavy (non-hydrogen) atoms. The van der Waals surface area contributed by atoms with E-state index in [0.29, 0.717) is 16.8 Å². The third kappa shape index (κ3) is 7.92. The molecule has 4 heterocycles. The first kappa shape index (κ1) is 32.3. The molecule has 0 radical (unpaired) electrons. The van der Waals surface area contributed by atoms with Crippen LogP contribution >= 0.6 is 11.8 Å². The lowest BCUT2D eigenvalue weighted by Gasteiger charge is -2.26. The first-order chi connectivity index (χ1) is 21.5. The van der Waals surface area contributed by atoms with Crippen LogP contribution in [0.5, 0.6) is 0 Å². The van der Waals surface area contributed by atoms with E-state index in [1.165, 1.54) is 57.1 Å². The van der Waals surface area contributed by atoms with E-state index in [2.05, 4.69) is 63.6 Å². The van der Waals surface area contributed by atoms with E-state index in [9.17, 15) is 9.59 Å². The molecule has 0 unspecified atom stereocenters. The Balaban J connectivity index is 1.35. The second-order valence-electron chi connectivity index (χ2n) is 12.3. The number of thioether (sulfide) groups is 1. The Labute approximate surface area is 267 Å². The average Bonchev–Trinajstić information content (AvgIpc) is 3.80. The number of aromatic nitrogens is 3. The summed E-state index contributed by atoms with van der Waals surface area (Å²) < 4.78 is 0. The molecule has 0 atom stereocenters. The van der Waals surface area contributed by atoms with Gasteiger partial charge in [0.25, 0.3) is 5.91 Å². The maximum atomic E-state index is 13.7. The Bertz CT molecular complexity index is 1270. The highest BCUT2D eigenvalue weighted by atomic mass is 32.2. The van der Waals surface area contributed by atoms with Gasteiger partial charge in [-0.3, -0.25) is 9.59 Å². The fourth-order valence-corrected chi connectivity index (χ4v) is 7.00. The van der Waals surface area contributed by atoms with E-state index in [1.54, 1.807) is 0 Å². The molecule has 3 saturated heterocycles. The highest BCUT2D eigenvalue weighted by Crippen LogP contribution is 2.36. The second-order valence-corrected chi connectivity index (χ2v) is 13.3. The van der Waals surface area contributed by atoms with Crippen LogP contribution in [0.4, 0.5) is 28.3 Å². The molecule has 2 aromatic rings. The molecule has 1 aromatic heterocycles. The number of nitrogens with zero attached hydrogens (tertiary/aromatic N) is 7. The van der Waals surface area contributed by atoms with E-state index in [0.717, 1.165) is 92.7 Å². The minimum atomic E-state index is -0.372. The predicted octanol–water partition coefficient (Wildman–Crippen LogP) is 7.59. The number of hydrogen-bond donors (Lipinski definition) is 0. The Morgan fingerprint density at radius 1 is 0.773 bits per heavy atom. The molecule has 0 saturated carbocycles. The van der Waals surface area contributed by atoms with Gasteiger partial charge in [-0.15, -0.1) is 0 Å². The number of carbonyl (C=O) groups excluding carboxylic acids is 2. The number of unbranched alkanes of at least 4 members (excludes halogenated alkanes) is 6. The van der Waals surface area contributed by atoms with Crippen molar-refractivity contribution in [2.24, 2.45) is 0 Å². The topological polar surface area (TPSA) is 85.8 Å². The Morgan fingerprint density at radius 2 is 1.32 bits per heavy atom. The third-order valence-electron chi connectivity index (χ3n) is 8.84. The van der Waals surface area contributed by atoms with E-state index >= 15 is 0 Å². The summed E-state index contributed by atoms with van der Waals surface area (Å²) in [6.07, 6.45) is 16.1. The molecule has 9 nitrogen and oxygen atoms in total. The molecular weight excluding hydrogens is 570 g/mol. The van der Waals surface area contributed by atoms with Gasteiger partial charge in [0.2, 0.25) is 17.8 Å². The highest BCUT2D eigenvalue weighted by Gasteiger charge is 2.39. The van der Waals surface area contributed by atoms with Gasteiger partial charge < -0.3 is 14.7 Å². The molecule has 0 aliphatic carbocycles. The van der Waals surface area contributed by atoms with Gasteiger partial charge in [0.05, 0.1) is 4.91 Å². The monoisotopic (exact) mass is 619 g/mol. The van der Waals surface area contributed by atoms with Crippen LogP contribution in [0.3, 0.4) is 0 Å². The van der Waals surface area contributed by atoms with Gasteiger partial charge in [-0.25, -0.2) is 4.90 Å². The van der Waals surface area contributed by atoms with Gasteiger partial charge in [-0.1, -0.05) is 58.4 Å². The largest absolute Gasteiger partial charge is 0.372 e. The third-order valence-corrected chi connectivity index (χ3v) is 9.71. The van der Waals surface area contributed by atoms with Crippen LogP contribution in [0.15, 0.2) is 23.1 Å². The van der Waals surface area contributed by atoms with Gasteiger partial charge in [0, 0.05) is 45.0 Å². The molecule has 0 bridgehead atoms. The number of rotatable bonds is 15. The minimum Gasteiger partial charge on any atom is -0.372 e. The van der Waals surface area contributed by atoms with Crippen LogP contribution in [0.25, 0.3) is 6.08 Å². The van der Waals surface area contributed by atoms with Crippen molar-refractivity contribution in [2.45, 2.75) is 97.8 Å². The fourth-order valence-electron chi connectivity index (χ4n) is 6.19. The van der Waals surface area contributed by atoms with E-state index in [-0.39, 0.29) is 17.1 Å². The zero-order chi connectivity index (χ0) is 30.9. The zero-order valence-corrected chi connectivity index (χ0v) is 27.7. The molecule has 5 rings (SSSR count). The van der Waals surface area contributed by atoms with Crippen molar-refractivity contribution >= 4 is 52.5 Å². The average molecular weight is 620 g/mol. The van der Waals surface area contributed by atoms with Crippen LogP contribution in [0.2, 0.25) is 0 Å². The lowest BCUT2D eigenvalue weighted by atomic mass is 10.1. The number of aryl methyl sites for hydroxylation is 1. The highest BCUT2D eigenvalue weighted by molar-refractivity contribution is 8.19. The van der Waals surface area contributed by atoms with Crippen molar-refractivity contribution in [3.8, 4) is 0 Å². The normalized spacial score (nSPS) is 18.0. The Hall–Kier alpha value is -3.14. The summed E-state index contributed by atoms with van der Waals surface area (Å²) in [5.41, 5.74) is 3.27. The summed E-state index contributed by atoms with van der Waals surface area (Å²) in [7, 11) is 0. The molecular formula is C34H49N7O2S. The number of carbonyl (C=O) groups is 2. The summed E-state index contributed by atoms with van der Waals surface area (Å²) >= 11 is 0.959. The van der Waals surface area contributed by atoms with Crippen molar-refractivity contribution in [1.29, 1.82) is 0 Å². The summed E-state index contributed by atoms with van der Waals surface area (Å²) in [4.78, 5) is 49.3. The molecule has 2 amide bonds. The standard InChI is InChI=1S/C34H49N7O2S/c1-4-6-8-10-18-38(19-11-9-7-5-2)28-17-16-27(26(3)24-28)25-29-30(42)41(34(43)44-29)33-36-31(39-20-12-13-21-39)35-32(37-33)40-22-14-15-23-40/h16-17,24-25H,4-15,18-23H2,1-3H3/b29-25+. The van der Waals surface area contributed by atoms with Gasteiger partial charge in [-0.2, -0.15) is 15.0 Å². The Kier molecular flexibility index (Phi) is 11.5. The van der Waals surface area contributed by atoms with Gasteiger partial charge >= 0.3 is 5.24 Å². The molecule has 238 valence electrons. The number of imide groups is 1. The quantitative estimate of drug-likeness (QED) is 0.148. The maximum Gasteiger partial charge on any atom is 0.300 e. The van der Waals surface area contributed by atoms with Gasteiger partial charge in [0.1, 0.15) is 0 Å². The fraction of sp³-hybridized carbons (Fsp3) is 0.618. The van der Waals surface area contributed by atoms with Gasteiger partial charge in [-0.05, 0) is 86.5 Å². The van der Waals surface area contributed by atoms with Crippen LogP contribution in [-0.4, -0.2) is 65.4 Å². The molecule has 3 fully saturated rings. The molecule has 3 aliphatic heterocycles. The minimum absolute atomic E-state index is 0.128. The molecule has 0 N–H and O–H groups in total.